The molecule has 0 aliphatic heterocycles. The van der Waals surface area contributed by atoms with Crippen molar-refractivity contribution in [2.45, 2.75) is 46.0 Å². The van der Waals surface area contributed by atoms with Crippen LogP contribution in [0.3, 0.4) is 0 Å². The molecule has 0 fully saturated rings. The molecular weight excluding hydrogens is 338 g/mol. The number of ether oxygens (including phenoxy) is 1. The highest BCUT2D eigenvalue weighted by Gasteiger charge is 2.17. The van der Waals surface area contributed by atoms with E-state index in [4.69, 9.17) is 4.74 Å². The van der Waals surface area contributed by atoms with E-state index < -0.39 is 0 Å². The Labute approximate surface area is 142 Å². The molecule has 0 N–H and O–H groups in total. The lowest BCUT2D eigenvalue weighted by molar-refractivity contribution is 0.299. The van der Waals surface area contributed by atoms with Crippen molar-refractivity contribution in [1.82, 2.24) is 4.98 Å². The molecule has 0 saturated carbocycles. The van der Waals surface area contributed by atoms with E-state index in [9.17, 15) is 0 Å². The summed E-state index contributed by atoms with van der Waals surface area (Å²) in [5.41, 5.74) is 3.58. The summed E-state index contributed by atoms with van der Waals surface area (Å²) in [6.45, 7) is 9.54. The Hall–Kier alpha value is -1.35. The molecule has 1 aromatic carbocycles. The molecule has 2 rings (SSSR count). The molecular formula is C19H24BrNO. The first-order chi connectivity index (χ1) is 10.4. The predicted octanol–water partition coefficient (Wildman–Crippen LogP) is 5.99. The standard InChI is InChI=1S/C19H24BrNO/c1-5-6-10-22-18-17(8-7-9-21-18)14-11-15(19(2,3)4)13-16(20)12-14/h7-9,11-13H,5-6,10H2,1-4H3. The van der Waals surface area contributed by atoms with Gasteiger partial charge in [-0.15, -0.1) is 0 Å². The largest absolute Gasteiger partial charge is 0.477 e. The van der Waals surface area contributed by atoms with Crippen LogP contribution in [0.4, 0.5) is 0 Å². The minimum atomic E-state index is 0.101. The first kappa shape index (κ1) is 17.0. The molecule has 1 heterocycles. The second-order valence-corrected chi connectivity index (χ2v) is 7.45. The first-order valence-electron chi connectivity index (χ1n) is 7.81. The summed E-state index contributed by atoms with van der Waals surface area (Å²) in [6, 6.07) is 10.6. The molecule has 0 radical (unpaired) electrons. The molecule has 0 amide bonds. The highest BCUT2D eigenvalue weighted by atomic mass is 79.9. The second-order valence-electron chi connectivity index (χ2n) is 6.54. The number of unbranched alkanes of at least 4 members (excludes halogenated alkanes) is 1. The van der Waals surface area contributed by atoms with E-state index >= 15 is 0 Å². The van der Waals surface area contributed by atoms with Gasteiger partial charge in [0.05, 0.1) is 6.61 Å². The highest BCUT2D eigenvalue weighted by molar-refractivity contribution is 9.10. The molecule has 2 nitrogen and oxygen atoms in total. The van der Waals surface area contributed by atoms with Crippen molar-refractivity contribution in [3.63, 3.8) is 0 Å². The molecule has 0 bridgehead atoms. The van der Waals surface area contributed by atoms with Gasteiger partial charge in [-0.1, -0.05) is 56.1 Å². The van der Waals surface area contributed by atoms with Crippen LogP contribution >= 0.6 is 15.9 Å². The van der Waals surface area contributed by atoms with Crippen molar-refractivity contribution in [1.29, 1.82) is 0 Å². The molecule has 0 saturated heterocycles. The summed E-state index contributed by atoms with van der Waals surface area (Å²) in [6.07, 6.45) is 3.95. The summed E-state index contributed by atoms with van der Waals surface area (Å²) in [4.78, 5) is 4.41. The fraction of sp³-hybridized carbons (Fsp3) is 0.421. The summed E-state index contributed by atoms with van der Waals surface area (Å²) >= 11 is 3.63. The number of pyridine rings is 1. The van der Waals surface area contributed by atoms with Crippen molar-refractivity contribution < 1.29 is 4.74 Å². The van der Waals surface area contributed by atoms with Gasteiger partial charge in [0.15, 0.2) is 0 Å². The Morgan fingerprint density at radius 1 is 1.18 bits per heavy atom. The van der Waals surface area contributed by atoms with Gasteiger partial charge in [0, 0.05) is 16.2 Å². The van der Waals surface area contributed by atoms with E-state index in [-0.39, 0.29) is 5.41 Å². The van der Waals surface area contributed by atoms with Gasteiger partial charge < -0.3 is 4.74 Å². The summed E-state index contributed by atoms with van der Waals surface area (Å²) in [5, 5.41) is 0. The smallest absolute Gasteiger partial charge is 0.221 e. The average molecular weight is 362 g/mol. The highest BCUT2D eigenvalue weighted by Crippen LogP contribution is 2.34. The van der Waals surface area contributed by atoms with Crippen LogP contribution in [0.15, 0.2) is 41.0 Å². The van der Waals surface area contributed by atoms with E-state index in [1.807, 2.05) is 6.07 Å². The average Bonchev–Trinajstić information content (AvgIpc) is 2.46. The Kier molecular flexibility index (Phi) is 5.63. The number of halogens is 1. The molecule has 1 aromatic heterocycles. The minimum absolute atomic E-state index is 0.101. The number of rotatable bonds is 5. The molecule has 0 aliphatic rings. The number of aromatic nitrogens is 1. The Bertz CT molecular complexity index is 632. The van der Waals surface area contributed by atoms with Gasteiger partial charge in [0.2, 0.25) is 5.88 Å². The molecule has 118 valence electrons. The zero-order valence-corrected chi connectivity index (χ0v) is 15.4. The van der Waals surface area contributed by atoms with Gasteiger partial charge in [-0.2, -0.15) is 0 Å². The van der Waals surface area contributed by atoms with E-state index in [1.54, 1.807) is 6.20 Å². The topological polar surface area (TPSA) is 22.1 Å². The number of hydrogen-bond acceptors (Lipinski definition) is 2. The molecule has 0 spiro atoms. The second kappa shape index (κ2) is 7.28. The van der Waals surface area contributed by atoms with Gasteiger partial charge in [-0.25, -0.2) is 4.98 Å². The van der Waals surface area contributed by atoms with Crippen molar-refractivity contribution >= 4 is 15.9 Å². The SMILES string of the molecule is CCCCOc1ncccc1-c1cc(Br)cc(C(C)(C)C)c1. The van der Waals surface area contributed by atoms with Crippen LogP contribution in [0.2, 0.25) is 0 Å². The summed E-state index contributed by atoms with van der Waals surface area (Å²) in [7, 11) is 0. The van der Waals surface area contributed by atoms with Crippen LogP contribution < -0.4 is 4.74 Å². The maximum absolute atomic E-state index is 5.87. The van der Waals surface area contributed by atoms with E-state index in [2.05, 4.69) is 72.9 Å². The summed E-state index contributed by atoms with van der Waals surface area (Å²) in [5.74, 6) is 0.717. The Morgan fingerprint density at radius 3 is 2.64 bits per heavy atom. The third-order valence-corrected chi connectivity index (χ3v) is 4.04. The third-order valence-electron chi connectivity index (χ3n) is 3.58. The van der Waals surface area contributed by atoms with E-state index in [0.29, 0.717) is 12.5 Å². The molecule has 3 heteroatoms. The zero-order valence-electron chi connectivity index (χ0n) is 13.8. The Balaban J connectivity index is 2.41. The monoisotopic (exact) mass is 361 g/mol. The van der Waals surface area contributed by atoms with Crippen LogP contribution in [-0.4, -0.2) is 11.6 Å². The molecule has 22 heavy (non-hydrogen) atoms. The number of hydrogen-bond donors (Lipinski definition) is 0. The minimum Gasteiger partial charge on any atom is -0.477 e. The van der Waals surface area contributed by atoms with Crippen molar-refractivity contribution in [3.8, 4) is 17.0 Å². The molecule has 0 atom stereocenters. The first-order valence-corrected chi connectivity index (χ1v) is 8.60. The predicted molar refractivity (Wildman–Crippen MR) is 96.5 cm³/mol. The number of benzene rings is 1. The molecule has 0 aliphatic carbocycles. The lowest BCUT2D eigenvalue weighted by Crippen LogP contribution is -2.11. The van der Waals surface area contributed by atoms with Gasteiger partial charge in [-0.3, -0.25) is 0 Å². The normalized spacial score (nSPS) is 11.5. The van der Waals surface area contributed by atoms with Crippen LogP contribution in [0.25, 0.3) is 11.1 Å². The Morgan fingerprint density at radius 2 is 1.95 bits per heavy atom. The van der Waals surface area contributed by atoms with Crippen molar-refractivity contribution in [3.05, 3.63) is 46.6 Å². The maximum atomic E-state index is 5.87. The quantitative estimate of drug-likeness (QED) is 0.610. The fourth-order valence-electron chi connectivity index (χ4n) is 2.22. The van der Waals surface area contributed by atoms with Gasteiger partial charge in [0.25, 0.3) is 0 Å². The lowest BCUT2D eigenvalue weighted by Gasteiger charge is -2.21. The van der Waals surface area contributed by atoms with Crippen LogP contribution in [0.5, 0.6) is 5.88 Å². The fourth-order valence-corrected chi connectivity index (χ4v) is 2.71. The van der Waals surface area contributed by atoms with Gasteiger partial charge in [0.1, 0.15) is 0 Å². The van der Waals surface area contributed by atoms with Crippen molar-refractivity contribution in [2.24, 2.45) is 0 Å². The molecule has 0 unspecified atom stereocenters. The maximum Gasteiger partial charge on any atom is 0.221 e. The third kappa shape index (κ3) is 4.33. The number of nitrogens with zero attached hydrogens (tertiary/aromatic N) is 1. The summed E-state index contributed by atoms with van der Waals surface area (Å²) < 4.78 is 6.95. The zero-order chi connectivity index (χ0) is 16.2. The van der Waals surface area contributed by atoms with Crippen LogP contribution in [0, 0.1) is 0 Å². The van der Waals surface area contributed by atoms with Crippen LogP contribution in [0.1, 0.15) is 46.1 Å². The van der Waals surface area contributed by atoms with Gasteiger partial charge >= 0.3 is 0 Å². The molecule has 2 aromatic rings. The van der Waals surface area contributed by atoms with Crippen LogP contribution in [-0.2, 0) is 5.41 Å². The van der Waals surface area contributed by atoms with Crippen molar-refractivity contribution in [2.75, 3.05) is 6.61 Å². The van der Waals surface area contributed by atoms with E-state index in [0.717, 1.165) is 28.4 Å². The lowest BCUT2D eigenvalue weighted by atomic mass is 9.85. The van der Waals surface area contributed by atoms with E-state index in [1.165, 1.54) is 5.56 Å². The van der Waals surface area contributed by atoms with Gasteiger partial charge in [-0.05, 0) is 47.2 Å².